The highest BCUT2D eigenvalue weighted by molar-refractivity contribution is 7.98. The highest BCUT2D eigenvalue weighted by Gasteiger charge is 2.23. The van der Waals surface area contributed by atoms with Crippen molar-refractivity contribution >= 4 is 29.5 Å². The summed E-state index contributed by atoms with van der Waals surface area (Å²) in [6, 6.07) is -1.48. The lowest BCUT2D eigenvalue weighted by Crippen LogP contribution is -2.52. The zero-order valence-electron chi connectivity index (χ0n) is 12.8. The summed E-state index contributed by atoms with van der Waals surface area (Å²) in [4.78, 5) is 34.4. The summed E-state index contributed by atoms with van der Waals surface area (Å²) in [5.74, 6) is -1.32. The van der Waals surface area contributed by atoms with E-state index in [9.17, 15) is 14.4 Å². The first-order valence-electron chi connectivity index (χ1n) is 7.16. The third kappa shape index (κ3) is 9.59. The smallest absolute Gasteiger partial charge is 0.322 e. The molecule has 0 aromatic carbocycles. The minimum absolute atomic E-state index is 0.393. The maximum absolute atomic E-state index is 12.0. The normalized spacial score (nSPS) is 13.2. The summed E-state index contributed by atoms with van der Waals surface area (Å²) in [5, 5.41) is 13.4. The van der Waals surface area contributed by atoms with Crippen LogP contribution in [0.4, 0.5) is 0 Å². The Morgan fingerprint density at radius 3 is 2.41 bits per heavy atom. The number of amides is 2. The maximum atomic E-state index is 12.0. The lowest BCUT2D eigenvalue weighted by molar-refractivity contribution is -0.138. The molecule has 0 saturated carbocycles. The largest absolute Gasteiger partial charge is 0.480 e. The molecule has 128 valence electrons. The van der Waals surface area contributed by atoms with Crippen LogP contribution >= 0.6 is 11.8 Å². The predicted molar refractivity (Wildman–Crippen MR) is 86.5 cm³/mol. The van der Waals surface area contributed by atoms with E-state index in [1.807, 2.05) is 6.26 Å². The number of thioether (sulfide) groups is 1. The molecule has 0 aliphatic heterocycles. The van der Waals surface area contributed by atoms with Crippen molar-refractivity contribution in [2.45, 2.75) is 37.8 Å². The molecule has 0 unspecified atom stereocenters. The van der Waals surface area contributed by atoms with Crippen LogP contribution in [0.1, 0.15) is 25.7 Å². The van der Waals surface area contributed by atoms with Gasteiger partial charge in [-0.3, -0.25) is 14.4 Å². The molecule has 0 spiro atoms. The van der Waals surface area contributed by atoms with E-state index in [1.54, 1.807) is 11.8 Å². The van der Waals surface area contributed by atoms with Gasteiger partial charge >= 0.3 is 5.97 Å². The lowest BCUT2D eigenvalue weighted by atomic mass is 10.1. The first kappa shape index (κ1) is 20.7. The molecular weight excluding hydrogens is 308 g/mol. The van der Waals surface area contributed by atoms with Crippen LogP contribution in [-0.2, 0) is 14.4 Å². The number of carboxylic acid groups (broad SMARTS) is 1. The number of rotatable bonds is 12. The second-order valence-electron chi connectivity index (χ2n) is 4.85. The number of unbranched alkanes of at least 4 members (excludes halogenated alkanes) is 1. The minimum atomic E-state index is -1.14. The van der Waals surface area contributed by atoms with Gasteiger partial charge < -0.3 is 27.2 Å². The van der Waals surface area contributed by atoms with Crippen molar-refractivity contribution in [3.63, 3.8) is 0 Å². The fourth-order valence-electron chi connectivity index (χ4n) is 1.70. The maximum Gasteiger partial charge on any atom is 0.322 e. The van der Waals surface area contributed by atoms with Crippen LogP contribution in [0.2, 0.25) is 0 Å². The SMILES string of the molecule is CSCC[C@H](N)C(=O)N[C@@H](CCCCN)C(=O)NCC(=O)O. The van der Waals surface area contributed by atoms with E-state index in [1.165, 1.54) is 0 Å². The van der Waals surface area contributed by atoms with Crippen molar-refractivity contribution < 1.29 is 19.5 Å². The van der Waals surface area contributed by atoms with Crippen LogP contribution in [0.3, 0.4) is 0 Å². The fraction of sp³-hybridized carbons (Fsp3) is 0.769. The first-order valence-corrected chi connectivity index (χ1v) is 8.56. The number of carbonyl (C=O) groups excluding carboxylic acids is 2. The summed E-state index contributed by atoms with van der Waals surface area (Å²) in [6.07, 6.45) is 4.20. The monoisotopic (exact) mass is 334 g/mol. The fourth-order valence-corrected chi connectivity index (χ4v) is 2.19. The van der Waals surface area contributed by atoms with Crippen LogP contribution in [0.25, 0.3) is 0 Å². The molecular formula is C13H26N4O4S. The zero-order valence-corrected chi connectivity index (χ0v) is 13.7. The summed E-state index contributed by atoms with van der Waals surface area (Å²) in [6.45, 7) is 0.00523. The predicted octanol–water partition coefficient (Wildman–Crippen LogP) is -1.12. The molecule has 0 aromatic rings. The minimum Gasteiger partial charge on any atom is -0.480 e. The molecule has 2 atom stereocenters. The van der Waals surface area contributed by atoms with E-state index in [2.05, 4.69) is 10.6 Å². The van der Waals surface area contributed by atoms with Crippen LogP contribution in [0.5, 0.6) is 0 Å². The third-order valence-corrected chi connectivity index (χ3v) is 3.61. The molecule has 0 saturated heterocycles. The third-order valence-electron chi connectivity index (χ3n) is 2.96. The molecule has 0 fully saturated rings. The topological polar surface area (TPSA) is 148 Å². The van der Waals surface area contributed by atoms with Gasteiger partial charge in [-0.2, -0.15) is 11.8 Å². The molecule has 0 rings (SSSR count). The Balaban J connectivity index is 4.52. The molecule has 9 heteroatoms. The van der Waals surface area contributed by atoms with Gasteiger partial charge in [0.25, 0.3) is 0 Å². The summed E-state index contributed by atoms with van der Waals surface area (Å²) >= 11 is 1.58. The second kappa shape index (κ2) is 12.2. The Morgan fingerprint density at radius 1 is 1.18 bits per heavy atom. The number of hydrogen-bond acceptors (Lipinski definition) is 6. The lowest BCUT2D eigenvalue weighted by Gasteiger charge is -2.20. The number of nitrogens with two attached hydrogens (primary N) is 2. The van der Waals surface area contributed by atoms with Gasteiger partial charge in [0.2, 0.25) is 11.8 Å². The molecule has 0 aliphatic carbocycles. The van der Waals surface area contributed by atoms with E-state index in [0.717, 1.165) is 12.2 Å². The summed E-state index contributed by atoms with van der Waals surface area (Å²) in [7, 11) is 0. The Hall–Kier alpha value is -1.32. The van der Waals surface area contributed by atoms with E-state index in [0.29, 0.717) is 25.8 Å². The molecule has 22 heavy (non-hydrogen) atoms. The molecule has 0 bridgehead atoms. The quantitative estimate of drug-likeness (QED) is 0.284. The Bertz CT molecular complexity index is 368. The average Bonchev–Trinajstić information content (AvgIpc) is 2.49. The van der Waals surface area contributed by atoms with Crippen molar-refractivity contribution in [1.29, 1.82) is 0 Å². The number of carbonyl (C=O) groups is 3. The van der Waals surface area contributed by atoms with Gasteiger partial charge in [-0.05, 0) is 44.2 Å². The summed E-state index contributed by atoms with van der Waals surface area (Å²) in [5.41, 5.74) is 11.2. The van der Waals surface area contributed by atoms with Crippen LogP contribution in [0.15, 0.2) is 0 Å². The van der Waals surface area contributed by atoms with Gasteiger partial charge in [-0.1, -0.05) is 0 Å². The van der Waals surface area contributed by atoms with Gasteiger partial charge in [0.15, 0.2) is 0 Å². The molecule has 0 aliphatic rings. The van der Waals surface area contributed by atoms with Crippen LogP contribution in [0, 0.1) is 0 Å². The number of aliphatic carboxylic acids is 1. The first-order chi connectivity index (χ1) is 10.4. The number of nitrogens with one attached hydrogen (secondary N) is 2. The standard InChI is InChI=1S/C13H26N4O4S/c1-22-7-5-9(15)12(20)17-10(4-2-3-6-14)13(21)16-8-11(18)19/h9-10H,2-8,14-15H2,1H3,(H,16,21)(H,17,20)(H,18,19)/t9-,10-/m0/s1. The summed E-state index contributed by atoms with van der Waals surface area (Å²) < 4.78 is 0. The van der Waals surface area contributed by atoms with Gasteiger partial charge in [0, 0.05) is 0 Å². The van der Waals surface area contributed by atoms with Crippen molar-refractivity contribution in [2.24, 2.45) is 11.5 Å². The van der Waals surface area contributed by atoms with E-state index >= 15 is 0 Å². The Labute approximate surface area is 134 Å². The van der Waals surface area contributed by atoms with E-state index < -0.39 is 36.4 Å². The van der Waals surface area contributed by atoms with E-state index in [-0.39, 0.29) is 0 Å². The van der Waals surface area contributed by atoms with Gasteiger partial charge in [-0.15, -0.1) is 0 Å². The van der Waals surface area contributed by atoms with Crippen LogP contribution < -0.4 is 22.1 Å². The van der Waals surface area contributed by atoms with Crippen molar-refractivity contribution in [3.05, 3.63) is 0 Å². The second-order valence-corrected chi connectivity index (χ2v) is 5.83. The molecule has 0 radical (unpaired) electrons. The highest BCUT2D eigenvalue weighted by atomic mass is 32.2. The Kier molecular flexibility index (Phi) is 11.5. The van der Waals surface area contributed by atoms with E-state index in [4.69, 9.17) is 16.6 Å². The van der Waals surface area contributed by atoms with Crippen molar-refractivity contribution in [3.8, 4) is 0 Å². The number of carboxylic acids is 1. The number of hydrogen-bond donors (Lipinski definition) is 5. The average molecular weight is 334 g/mol. The zero-order chi connectivity index (χ0) is 17.0. The molecule has 7 N–H and O–H groups in total. The molecule has 2 amide bonds. The van der Waals surface area contributed by atoms with Gasteiger partial charge in [0.1, 0.15) is 12.6 Å². The molecule has 0 aromatic heterocycles. The van der Waals surface area contributed by atoms with Gasteiger partial charge in [-0.25, -0.2) is 0 Å². The van der Waals surface area contributed by atoms with Gasteiger partial charge in [0.05, 0.1) is 6.04 Å². The van der Waals surface area contributed by atoms with Crippen molar-refractivity contribution in [1.82, 2.24) is 10.6 Å². The van der Waals surface area contributed by atoms with Crippen molar-refractivity contribution in [2.75, 3.05) is 25.1 Å². The highest BCUT2D eigenvalue weighted by Crippen LogP contribution is 2.03. The molecule has 0 heterocycles. The molecule has 8 nitrogen and oxygen atoms in total. The Morgan fingerprint density at radius 2 is 1.86 bits per heavy atom. The van der Waals surface area contributed by atoms with Crippen LogP contribution in [-0.4, -0.2) is 60.1 Å².